The van der Waals surface area contributed by atoms with Gasteiger partial charge in [-0.05, 0) is 33.1 Å². The van der Waals surface area contributed by atoms with Crippen molar-refractivity contribution in [3.05, 3.63) is 0 Å². The summed E-state index contributed by atoms with van der Waals surface area (Å²) in [6, 6.07) is 1.29. The van der Waals surface area contributed by atoms with Gasteiger partial charge in [-0.15, -0.1) is 0 Å². The van der Waals surface area contributed by atoms with Gasteiger partial charge in [-0.1, -0.05) is 6.92 Å². The highest BCUT2D eigenvalue weighted by Crippen LogP contribution is 2.26. The molecule has 0 aromatic rings. The van der Waals surface area contributed by atoms with Crippen LogP contribution in [-0.2, 0) is 0 Å². The van der Waals surface area contributed by atoms with E-state index in [1.54, 1.807) is 0 Å². The van der Waals surface area contributed by atoms with Crippen LogP contribution in [-0.4, -0.2) is 40.8 Å². The zero-order valence-corrected chi connectivity index (χ0v) is 9.66. The van der Waals surface area contributed by atoms with E-state index in [9.17, 15) is 0 Å². The lowest BCUT2D eigenvalue weighted by Crippen LogP contribution is -2.53. The summed E-state index contributed by atoms with van der Waals surface area (Å²) in [5, 5.41) is 9.15. The predicted molar refractivity (Wildman–Crippen MR) is 59.2 cm³/mol. The van der Waals surface area contributed by atoms with E-state index < -0.39 is 5.54 Å². The Balaban J connectivity index is 2.56. The van der Waals surface area contributed by atoms with Crippen LogP contribution in [0.25, 0.3) is 0 Å². The maximum atomic E-state index is 9.15. The molecule has 1 aliphatic heterocycles. The van der Waals surface area contributed by atoms with E-state index in [-0.39, 0.29) is 6.61 Å². The lowest BCUT2D eigenvalue weighted by Gasteiger charge is -2.34. The minimum absolute atomic E-state index is 0.0622. The zero-order chi connectivity index (χ0) is 10.8. The van der Waals surface area contributed by atoms with E-state index in [2.05, 4.69) is 18.7 Å². The van der Waals surface area contributed by atoms with Gasteiger partial charge < -0.3 is 10.8 Å². The Bertz CT molecular complexity index is 182. The van der Waals surface area contributed by atoms with Crippen molar-refractivity contribution in [2.45, 2.75) is 57.7 Å². The standard InChI is InChI=1S/C11H24N2O/c1-4-10-6-5-9(2)13(10)7-11(3,12)8-14/h9-10,14H,4-8,12H2,1-3H3. The molecule has 3 N–H and O–H groups in total. The van der Waals surface area contributed by atoms with Crippen LogP contribution in [0.4, 0.5) is 0 Å². The van der Waals surface area contributed by atoms with Gasteiger partial charge in [0.05, 0.1) is 6.61 Å². The molecule has 3 atom stereocenters. The molecule has 0 radical (unpaired) electrons. The molecule has 0 spiro atoms. The highest BCUT2D eigenvalue weighted by Gasteiger charge is 2.33. The molecule has 3 nitrogen and oxygen atoms in total. The van der Waals surface area contributed by atoms with Gasteiger partial charge in [0.1, 0.15) is 0 Å². The van der Waals surface area contributed by atoms with Crippen LogP contribution in [0.1, 0.15) is 40.0 Å². The number of likely N-dealkylation sites (tertiary alicyclic amines) is 1. The number of nitrogens with zero attached hydrogens (tertiary/aromatic N) is 1. The van der Waals surface area contributed by atoms with Crippen LogP contribution in [0.3, 0.4) is 0 Å². The van der Waals surface area contributed by atoms with Crippen molar-refractivity contribution < 1.29 is 5.11 Å². The Hall–Kier alpha value is -0.120. The Morgan fingerprint density at radius 1 is 1.50 bits per heavy atom. The first-order valence-electron chi connectivity index (χ1n) is 5.65. The van der Waals surface area contributed by atoms with Gasteiger partial charge in [0.2, 0.25) is 0 Å². The van der Waals surface area contributed by atoms with Crippen molar-refractivity contribution in [1.82, 2.24) is 4.90 Å². The summed E-state index contributed by atoms with van der Waals surface area (Å²) in [6.45, 7) is 7.27. The summed E-state index contributed by atoms with van der Waals surface area (Å²) in [7, 11) is 0. The van der Waals surface area contributed by atoms with Gasteiger partial charge in [-0.25, -0.2) is 0 Å². The van der Waals surface area contributed by atoms with Gasteiger partial charge in [0.15, 0.2) is 0 Å². The van der Waals surface area contributed by atoms with E-state index in [4.69, 9.17) is 10.8 Å². The Morgan fingerprint density at radius 3 is 2.64 bits per heavy atom. The largest absolute Gasteiger partial charge is 0.394 e. The monoisotopic (exact) mass is 200 g/mol. The maximum absolute atomic E-state index is 9.15. The van der Waals surface area contributed by atoms with Crippen LogP contribution in [0, 0.1) is 0 Å². The second-order valence-corrected chi connectivity index (χ2v) is 4.97. The number of rotatable bonds is 4. The minimum Gasteiger partial charge on any atom is -0.394 e. The van der Waals surface area contributed by atoms with Crippen molar-refractivity contribution >= 4 is 0 Å². The Labute approximate surface area is 87.3 Å². The molecule has 0 amide bonds. The topological polar surface area (TPSA) is 49.5 Å². The third-order valence-electron chi connectivity index (χ3n) is 3.33. The fourth-order valence-corrected chi connectivity index (χ4v) is 2.32. The zero-order valence-electron chi connectivity index (χ0n) is 9.66. The van der Waals surface area contributed by atoms with Crippen molar-refractivity contribution in [3.63, 3.8) is 0 Å². The van der Waals surface area contributed by atoms with E-state index in [1.165, 1.54) is 19.3 Å². The van der Waals surface area contributed by atoms with Crippen molar-refractivity contribution in [2.75, 3.05) is 13.2 Å². The molecular formula is C11H24N2O. The average molecular weight is 200 g/mol. The molecule has 1 aliphatic rings. The predicted octanol–water partition coefficient (Wildman–Crippen LogP) is 0.959. The number of aliphatic hydroxyl groups is 1. The molecule has 0 bridgehead atoms. The van der Waals surface area contributed by atoms with Crippen LogP contribution in [0.5, 0.6) is 0 Å². The van der Waals surface area contributed by atoms with Crippen molar-refractivity contribution in [1.29, 1.82) is 0 Å². The average Bonchev–Trinajstić information content (AvgIpc) is 2.48. The molecule has 1 fully saturated rings. The number of hydrogen-bond donors (Lipinski definition) is 2. The summed E-state index contributed by atoms with van der Waals surface area (Å²) in [6.07, 6.45) is 3.73. The third-order valence-corrected chi connectivity index (χ3v) is 3.33. The molecular weight excluding hydrogens is 176 g/mol. The summed E-state index contributed by atoms with van der Waals surface area (Å²) in [5.74, 6) is 0. The molecule has 1 saturated heterocycles. The van der Waals surface area contributed by atoms with E-state index in [1.807, 2.05) is 6.92 Å². The lowest BCUT2D eigenvalue weighted by molar-refractivity contribution is 0.116. The maximum Gasteiger partial charge on any atom is 0.0621 e. The van der Waals surface area contributed by atoms with Gasteiger partial charge in [0, 0.05) is 24.2 Å². The van der Waals surface area contributed by atoms with Gasteiger partial charge >= 0.3 is 0 Å². The lowest BCUT2D eigenvalue weighted by atomic mass is 10.0. The van der Waals surface area contributed by atoms with E-state index in [0.717, 1.165) is 6.54 Å². The van der Waals surface area contributed by atoms with Crippen molar-refractivity contribution in [2.24, 2.45) is 5.73 Å². The minimum atomic E-state index is -0.452. The molecule has 0 aliphatic carbocycles. The second-order valence-electron chi connectivity index (χ2n) is 4.97. The van der Waals surface area contributed by atoms with E-state index >= 15 is 0 Å². The normalized spacial score (nSPS) is 33.2. The van der Waals surface area contributed by atoms with Crippen LogP contribution < -0.4 is 5.73 Å². The van der Waals surface area contributed by atoms with E-state index in [0.29, 0.717) is 12.1 Å². The molecule has 1 heterocycles. The smallest absolute Gasteiger partial charge is 0.0621 e. The molecule has 3 unspecified atom stereocenters. The molecule has 0 aromatic carbocycles. The fraction of sp³-hybridized carbons (Fsp3) is 1.00. The molecule has 0 aromatic heterocycles. The second kappa shape index (κ2) is 4.60. The highest BCUT2D eigenvalue weighted by atomic mass is 16.3. The summed E-state index contributed by atoms with van der Waals surface area (Å²) < 4.78 is 0. The van der Waals surface area contributed by atoms with Gasteiger partial charge in [-0.3, -0.25) is 4.90 Å². The number of aliphatic hydroxyl groups excluding tert-OH is 1. The molecule has 14 heavy (non-hydrogen) atoms. The first-order valence-corrected chi connectivity index (χ1v) is 5.65. The first kappa shape index (κ1) is 12.0. The molecule has 84 valence electrons. The van der Waals surface area contributed by atoms with Gasteiger partial charge in [-0.2, -0.15) is 0 Å². The summed E-state index contributed by atoms with van der Waals surface area (Å²) in [4.78, 5) is 2.45. The summed E-state index contributed by atoms with van der Waals surface area (Å²) in [5.41, 5.74) is 5.53. The van der Waals surface area contributed by atoms with Gasteiger partial charge in [0.25, 0.3) is 0 Å². The SMILES string of the molecule is CCC1CCC(C)N1CC(C)(N)CO. The molecule has 1 rings (SSSR count). The Morgan fingerprint density at radius 2 is 2.14 bits per heavy atom. The number of hydrogen-bond acceptors (Lipinski definition) is 3. The first-order chi connectivity index (χ1) is 6.50. The van der Waals surface area contributed by atoms with Crippen LogP contribution in [0.15, 0.2) is 0 Å². The molecule has 3 heteroatoms. The number of nitrogens with two attached hydrogens (primary N) is 1. The quantitative estimate of drug-likeness (QED) is 0.710. The Kier molecular flexibility index (Phi) is 3.93. The van der Waals surface area contributed by atoms with Crippen molar-refractivity contribution in [3.8, 4) is 0 Å². The molecule has 0 saturated carbocycles. The highest BCUT2D eigenvalue weighted by molar-refractivity contribution is 4.91. The van der Waals surface area contributed by atoms with Crippen LogP contribution in [0.2, 0.25) is 0 Å². The third kappa shape index (κ3) is 2.69. The van der Waals surface area contributed by atoms with Crippen LogP contribution >= 0.6 is 0 Å². The fourth-order valence-electron chi connectivity index (χ4n) is 2.32. The summed E-state index contributed by atoms with van der Waals surface area (Å²) >= 11 is 0.